The molecule has 0 saturated carbocycles. The number of hydrogen-bond acceptors (Lipinski definition) is 1. The first-order valence-electron chi connectivity index (χ1n) is 21.5. The standard InChI is InChI=1S/C59H38N4/c1-3-15-40(16-4-1)52-35-42(36-53(60-52)41-17-5-2-6-18-41)39-27-29-43(30-28-39)61-58-33-31-44(62-54-23-11-7-19-46(54)47-20-8-12-24-55(47)62)37-50(58)51-38-45(32-34-59(51)61)63-56-25-13-9-21-48(56)49-22-10-14-26-57(49)63/h1-38H. The van der Waals surface area contributed by atoms with Crippen LogP contribution in [0.15, 0.2) is 231 Å². The van der Waals surface area contributed by atoms with E-state index in [1.54, 1.807) is 0 Å². The van der Waals surface area contributed by atoms with Crippen LogP contribution < -0.4 is 0 Å². The summed E-state index contributed by atoms with van der Waals surface area (Å²) in [6, 6.07) is 83.3. The molecule has 0 radical (unpaired) electrons. The van der Waals surface area contributed by atoms with Gasteiger partial charge in [-0.25, -0.2) is 4.98 Å². The maximum absolute atomic E-state index is 5.14. The van der Waals surface area contributed by atoms with Gasteiger partial charge in [-0.05, 0) is 96.1 Å². The molecule has 0 aliphatic rings. The van der Waals surface area contributed by atoms with Crippen LogP contribution in [-0.2, 0) is 0 Å². The zero-order valence-corrected chi connectivity index (χ0v) is 34.2. The molecule has 9 aromatic carbocycles. The Morgan fingerprint density at radius 3 is 0.968 bits per heavy atom. The zero-order chi connectivity index (χ0) is 41.4. The van der Waals surface area contributed by atoms with Crippen LogP contribution in [0.4, 0.5) is 0 Å². The van der Waals surface area contributed by atoms with Gasteiger partial charge in [0.15, 0.2) is 0 Å². The summed E-state index contributed by atoms with van der Waals surface area (Å²) >= 11 is 0. The van der Waals surface area contributed by atoms with Crippen molar-refractivity contribution in [3.8, 4) is 50.7 Å². The van der Waals surface area contributed by atoms with Crippen molar-refractivity contribution < 1.29 is 0 Å². The second-order valence-corrected chi connectivity index (χ2v) is 16.4. The third kappa shape index (κ3) is 5.59. The lowest BCUT2D eigenvalue weighted by Gasteiger charge is -2.13. The molecule has 63 heavy (non-hydrogen) atoms. The van der Waals surface area contributed by atoms with Crippen LogP contribution in [0.3, 0.4) is 0 Å². The molecule has 0 aliphatic heterocycles. The predicted molar refractivity (Wildman–Crippen MR) is 264 cm³/mol. The van der Waals surface area contributed by atoms with Crippen LogP contribution in [0, 0.1) is 0 Å². The molecule has 4 heterocycles. The van der Waals surface area contributed by atoms with E-state index in [-0.39, 0.29) is 0 Å². The quantitative estimate of drug-likeness (QED) is 0.165. The second kappa shape index (κ2) is 14.1. The molecule has 0 fully saturated rings. The van der Waals surface area contributed by atoms with Gasteiger partial charge in [0.1, 0.15) is 0 Å². The van der Waals surface area contributed by atoms with E-state index in [1.165, 1.54) is 54.4 Å². The molecule has 4 aromatic heterocycles. The lowest BCUT2D eigenvalue weighted by atomic mass is 10.00. The Hall–Kier alpha value is -8.47. The molecule has 0 spiro atoms. The normalized spacial score (nSPS) is 11.8. The summed E-state index contributed by atoms with van der Waals surface area (Å²) in [6.45, 7) is 0. The Balaban J connectivity index is 1.02. The fourth-order valence-corrected chi connectivity index (χ4v) is 9.97. The summed E-state index contributed by atoms with van der Waals surface area (Å²) in [5, 5.41) is 7.42. The van der Waals surface area contributed by atoms with Crippen molar-refractivity contribution in [2.75, 3.05) is 0 Å². The molecule has 4 nitrogen and oxygen atoms in total. The Bertz CT molecular complexity index is 3550. The van der Waals surface area contributed by atoms with Gasteiger partial charge in [-0.1, -0.05) is 146 Å². The summed E-state index contributed by atoms with van der Waals surface area (Å²) in [4.78, 5) is 5.14. The highest BCUT2D eigenvalue weighted by atomic mass is 15.0. The Kier molecular flexibility index (Phi) is 7.87. The smallest absolute Gasteiger partial charge is 0.0715 e. The summed E-state index contributed by atoms with van der Waals surface area (Å²) in [5.74, 6) is 0. The van der Waals surface area contributed by atoms with Crippen LogP contribution in [0.5, 0.6) is 0 Å². The molecule has 0 aliphatic carbocycles. The van der Waals surface area contributed by atoms with E-state index in [0.717, 1.165) is 61.7 Å². The van der Waals surface area contributed by atoms with Crippen molar-refractivity contribution in [1.82, 2.24) is 18.7 Å². The number of hydrogen-bond donors (Lipinski definition) is 0. The number of benzene rings is 9. The van der Waals surface area contributed by atoms with Gasteiger partial charge in [0, 0.05) is 60.5 Å². The summed E-state index contributed by atoms with van der Waals surface area (Å²) in [7, 11) is 0. The molecule has 0 bridgehead atoms. The van der Waals surface area contributed by atoms with Crippen molar-refractivity contribution in [2.24, 2.45) is 0 Å². The molecule has 0 saturated heterocycles. The highest BCUT2D eigenvalue weighted by molar-refractivity contribution is 6.14. The van der Waals surface area contributed by atoms with Crippen LogP contribution in [0.1, 0.15) is 0 Å². The molecule has 0 N–H and O–H groups in total. The van der Waals surface area contributed by atoms with E-state index in [1.807, 2.05) is 0 Å². The first-order chi connectivity index (χ1) is 31.2. The van der Waals surface area contributed by atoms with Crippen LogP contribution in [0.25, 0.3) is 116 Å². The maximum Gasteiger partial charge on any atom is 0.0715 e. The Labute approximate surface area is 363 Å². The molecule has 0 amide bonds. The van der Waals surface area contributed by atoms with E-state index in [4.69, 9.17) is 4.98 Å². The molecular formula is C59H38N4. The highest BCUT2D eigenvalue weighted by Gasteiger charge is 2.19. The molecule has 13 aromatic rings. The lowest BCUT2D eigenvalue weighted by Crippen LogP contribution is -1.96. The monoisotopic (exact) mass is 802 g/mol. The molecule has 13 rings (SSSR count). The van der Waals surface area contributed by atoms with Crippen molar-refractivity contribution in [3.05, 3.63) is 231 Å². The predicted octanol–water partition coefficient (Wildman–Crippen LogP) is 15.4. The minimum Gasteiger partial charge on any atom is -0.309 e. The summed E-state index contributed by atoms with van der Waals surface area (Å²) in [5.41, 5.74) is 16.9. The third-order valence-corrected chi connectivity index (χ3v) is 12.8. The largest absolute Gasteiger partial charge is 0.309 e. The fraction of sp³-hybridized carbons (Fsp3) is 0. The molecule has 0 atom stereocenters. The number of para-hydroxylation sites is 4. The topological polar surface area (TPSA) is 27.7 Å². The van der Waals surface area contributed by atoms with Gasteiger partial charge in [0.05, 0.1) is 44.5 Å². The lowest BCUT2D eigenvalue weighted by molar-refractivity contribution is 1.16. The van der Waals surface area contributed by atoms with Gasteiger partial charge in [0.2, 0.25) is 0 Å². The molecule has 4 heteroatoms. The van der Waals surface area contributed by atoms with E-state index >= 15 is 0 Å². The highest BCUT2D eigenvalue weighted by Crippen LogP contribution is 2.40. The zero-order valence-electron chi connectivity index (χ0n) is 34.2. The number of rotatable bonds is 6. The van der Waals surface area contributed by atoms with Crippen molar-refractivity contribution >= 4 is 65.4 Å². The Morgan fingerprint density at radius 2 is 0.556 bits per heavy atom. The number of fused-ring (bicyclic) bond motifs is 9. The van der Waals surface area contributed by atoms with Gasteiger partial charge >= 0.3 is 0 Å². The van der Waals surface area contributed by atoms with E-state index in [2.05, 4.69) is 244 Å². The number of aromatic nitrogens is 4. The van der Waals surface area contributed by atoms with Crippen LogP contribution in [-0.4, -0.2) is 18.7 Å². The molecule has 0 unspecified atom stereocenters. The van der Waals surface area contributed by atoms with E-state index in [9.17, 15) is 0 Å². The molecular weight excluding hydrogens is 765 g/mol. The van der Waals surface area contributed by atoms with Gasteiger partial charge in [-0.3, -0.25) is 0 Å². The first kappa shape index (κ1) is 35.3. The first-order valence-corrected chi connectivity index (χ1v) is 21.5. The van der Waals surface area contributed by atoms with Crippen LogP contribution >= 0.6 is 0 Å². The third-order valence-electron chi connectivity index (χ3n) is 12.8. The van der Waals surface area contributed by atoms with Crippen molar-refractivity contribution in [3.63, 3.8) is 0 Å². The molecule has 294 valence electrons. The van der Waals surface area contributed by atoms with E-state index in [0.29, 0.717) is 0 Å². The summed E-state index contributed by atoms with van der Waals surface area (Å²) in [6.07, 6.45) is 0. The van der Waals surface area contributed by atoms with E-state index < -0.39 is 0 Å². The average molecular weight is 803 g/mol. The van der Waals surface area contributed by atoms with Crippen molar-refractivity contribution in [1.29, 1.82) is 0 Å². The minimum atomic E-state index is 0.955. The van der Waals surface area contributed by atoms with Gasteiger partial charge in [-0.15, -0.1) is 0 Å². The fourth-order valence-electron chi connectivity index (χ4n) is 9.97. The number of pyridine rings is 1. The van der Waals surface area contributed by atoms with Gasteiger partial charge < -0.3 is 13.7 Å². The SMILES string of the molecule is c1ccc(-c2cc(-c3ccc(-n4c5ccc(-n6c7ccccc7c7ccccc76)cc5c5cc(-n6c7ccccc7c7ccccc76)ccc54)cc3)cc(-c3ccccc3)n2)cc1. The second-order valence-electron chi connectivity index (χ2n) is 16.4. The average Bonchev–Trinajstić information content (AvgIpc) is 4.00. The van der Waals surface area contributed by atoms with Crippen LogP contribution in [0.2, 0.25) is 0 Å². The number of nitrogens with zero attached hydrogens (tertiary/aromatic N) is 4. The Morgan fingerprint density at radius 1 is 0.222 bits per heavy atom. The minimum absolute atomic E-state index is 0.955. The van der Waals surface area contributed by atoms with Crippen molar-refractivity contribution in [2.45, 2.75) is 0 Å². The maximum atomic E-state index is 5.14. The van der Waals surface area contributed by atoms with Gasteiger partial charge in [-0.2, -0.15) is 0 Å². The summed E-state index contributed by atoms with van der Waals surface area (Å²) < 4.78 is 7.26. The van der Waals surface area contributed by atoms with Gasteiger partial charge in [0.25, 0.3) is 0 Å².